The van der Waals surface area contributed by atoms with Crippen molar-refractivity contribution in [3.63, 3.8) is 0 Å². The van der Waals surface area contributed by atoms with Gasteiger partial charge in [0.05, 0.1) is 11.7 Å². The lowest BCUT2D eigenvalue weighted by Crippen LogP contribution is -2.44. The predicted molar refractivity (Wildman–Crippen MR) is 101 cm³/mol. The van der Waals surface area contributed by atoms with Crippen LogP contribution in [-0.2, 0) is 9.53 Å². The number of ether oxygens (including phenoxy) is 2. The van der Waals surface area contributed by atoms with Crippen LogP contribution < -0.4 is 15.4 Å². The topological polar surface area (TPSA) is 79.9 Å². The highest BCUT2D eigenvalue weighted by atomic mass is 16.5. The molecular formula is C19H29N3O4. The molecule has 0 aromatic heterocycles. The first-order valence-corrected chi connectivity index (χ1v) is 8.88. The van der Waals surface area contributed by atoms with Gasteiger partial charge in [0, 0.05) is 45.9 Å². The molecule has 2 rings (SSSR count). The first-order chi connectivity index (χ1) is 12.3. The van der Waals surface area contributed by atoms with Crippen molar-refractivity contribution in [1.29, 1.82) is 0 Å². The van der Waals surface area contributed by atoms with Crippen molar-refractivity contribution in [3.05, 3.63) is 23.8 Å². The smallest absolute Gasteiger partial charge is 0.257 e. The number of carbonyl (C=O) groups excluding carboxylic acids is 2. The fourth-order valence-electron chi connectivity index (χ4n) is 2.94. The summed E-state index contributed by atoms with van der Waals surface area (Å²) in [6, 6.07) is 5.24. The van der Waals surface area contributed by atoms with Crippen LogP contribution in [0.15, 0.2) is 18.2 Å². The number of likely N-dealkylation sites (N-methyl/N-ethyl adjacent to an activating group) is 1. The molecule has 0 saturated heterocycles. The average Bonchev–Trinajstić information content (AvgIpc) is 2.60. The van der Waals surface area contributed by atoms with E-state index in [4.69, 9.17) is 9.47 Å². The van der Waals surface area contributed by atoms with Crippen molar-refractivity contribution in [3.8, 4) is 5.75 Å². The van der Waals surface area contributed by atoms with E-state index in [9.17, 15) is 9.59 Å². The molecule has 3 atom stereocenters. The molecule has 0 bridgehead atoms. The fourth-order valence-corrected chi connectivity index (χ4v) is 2.94. The van der Waals surface area contributed by atoms with Crippen LogP contribution in [0.2, 0.25) is 0 Å². The standard InChI is InChI=1S/C19H29N3O4/c1-12-9-20-13(2)11-26-17-7-6-15(21-14(3)23)8-16(17)19(24)22(4)10-18(12)25-5/h6-8,12-13,18,20H,9-11H2,1-5H3,(H,21,23)/t12-,13-,18+/m1/s1. The maximum Gasteiger partial charge on any atom is 0.257 e. The summed E-state index contributed by atoms with van der Waals surface area (Å²) in [6.45, 7) is 7.26. The first-order valence-electron chi connectivity index (χ1n) is 8.88. The molecule has 0 saturated carbocycles. The number of nitrogens with zero attached hydrogens (tertiary/aromatic N) is 1. The predicted octanol–water partition coefficient (Wildman–Crippen LogP) is 1.74. The number of benzene rings is 1. The van der Waals surface area contributed by atoms with Gasteiger partial charge in [-0.3, -0.25) is 9.59 Å². The van der Waals surface area contributed by atoms with Gasteiger partial charge in [-0.05, 0) is 31.0 Å². The summed E-state index contributed by atoms with van der Waals surface area (Å²) < 4.78 is 11.5. The molecule has 0 fully saturated rings. The third-order valence-electron chi connectivity index (χ3n) is 4.55. The number of hydrogen-bond acceptors (Lipinski definition) is 5. The van der Waals surface area contributed by atoms with Gasteiger partial charge >= 0.3 is 0 Å². The molecule has 26 heavy (non-hydrogen) atoms. The molecule has 1 heterocycles. The zero-order valence-corrected chi connectivity index (χ0v) is 16.2. The van der Waals surface area contributed by atoms with Crippen LogP contribution in [0.3, 0.4) is 0 Å². The van der Waals surface area contributed by atoms with Crippen molar-refractivity contribution >= 4 is 17.5 Å². The van der Waals surface area contributed by atoms with Crippen molar-refractivity contribution in [2.24, 2.45) is 5.92 Å². The Hall–Kier alpha value is -2.12. The van der Waals surface area contributed by atoms with Crippen LogP contribution in [0.25, 0.3) is 0 Å². The van der Waals surface area contributed by atoms with Gasteiger partial charge in [-0.1, -0.05) is 6.92 Å². The summed E-state index contributed by atoms with van der Waals surface area (Å²) in [7, 11) is 3.42. The van der Waals surface area contributed by atoms with Gasteiger partial charge in [0.15, 0.2) is 0 Å². The van der Waals surface area contributed by atoms with E-state index in [-0.39, 0.29) is 29.9 Å². The summed E-state index contributed by atoms with van der Waals surface area (Å²) in [5, 5.41) is 6.15. The van der Waals surface area contributed by atoms with Crippen LogP contribution >= 0.6 is 0 Å². The van der Waals surface area contributed by atoms with E-state index in [2.05, 4.69) is 17.6 Å². The van der Waals surface area contributed by atoms with Crippen molar-refractivity contribution in [2.75, 3.05) is 39.2 Å². The van der Waals surface area contributed by atoms with Gasteiger partial charge in [0.1, 0.15) is 12.4 Å². The van der Waals surface area contributed by atoms with Crippen LogP contribution in [0, 0.1) is 5.92 Å². The minimum Gasteiger partial charge on any atom is -0.491 e. The second kappa shape index (κ2) is 9.00. The molecule has 2 N–H and O–H groups in total. The van der Waals surface area contributed by atoms with E-state index in [0.29, 0.717) is 30.2 Å². The highest BCUT2D eigenvalue weighted by molar-refractivity contribution is 5.99. The van der Waals surface area contributed by atoms with Crippen molar-refractivity contribution < 1.29 is 19.1 Å². The lowest BCUT2D eigenvalue weighted by Gasteiger charge is -2.30. The van der Waals surface area contributed by atoms with E-state index < -0.39 is 0 Å². The highest BCUT2D eigenvalue weighted by Gasteiger charge is 2.25. The molecule has 0 unspecified atom stereocenters. The second-order valence-corrected chi connectivity index (χ2v) is 6.95. The zero-order chi connectivity index (χ0) is 19.3. The monoisotopic (exact) mass is 363 g/mol. The van der Waals surface area contributed by atoms with Crippen LogP contribution in [0.1, 0.15) is 31.1 Å². The third kappa shape index (κ3) is 5.19. The number of rotatable bonds is 2. The van der Waals surface area contributed by atoms with E-state index >= 15 is 0 Å². The number of amides is 2. The molecule has 7 nitrogen and oxygen atoms in total. The molecule has 0 spiro atoms. The normalized spacial score (nSPS) is 24.7. The molecule has 7 heteroatoms. The Morgan fingerprint density at radius 1 is 1.38 bits per heavy atom. The Morgan fingerprint density at radius 3 is 2.77 bits per heavy atom. The molecule has 1 aromatic rings. The molecule has 1 aromatic carbocycles. The van der Waals surface area contributed by atoms with Gasteiger partial charge in [0.25, 0.3) is 5.91 Å². The minimum atomic E-state index is -0.189. The van der Waals surface area contributed by atoms with Gasteiger partial charge in [0.2, 0.25) is 5.91 Å². The van der Waals surface area contributed by atoms with E-state index in [1.165, 1.54) is 6.92 Å². The second-order valence-electron chi connectivity index (χ2n) is 6.95. The summed E-state index contributed by atoms with van der Waals surface area (Å²) in [5.74, 6) is 0.392. The average molecular weight is 363 g/mol. The van der Waals surface area contributed by atoms with Gasteiger partial charge in [-0.2, -0.15) is 0 Å². The Labute approximate surface area is 155 Å². The van der Waals surface area contributed by atoms with E-state index in [1.807, 2.05) is 6.92 Å². The van der Waals surface area contributed by atoms with Gasteiger partial charge < -0.3 is 25.0 Å². The van der Waals surface area contributed by atoms with Crippen LogP contribution in [0.5, 0.6) is 5.75 Å². The van der Waals surface area contributed by atoms with E-state index in [0.717, 1.165) is 6.54 Å². The Kier molecular flexibility index (Phi) is 6.99. The molecule has 0 radical (unpaired) electrons. The lowest BCUT2D eigenvalue weighted by molar-refractivity contribution is -0.114. The number of fused-ring (bicyclic) bond motifs is 1. The van der Waals surface area contributed by atoms with Crippen LogP contribution in [-0.4, -0.2) is 62.7 Å². The largest absolute Gasteiger partial charge is 0.491 e. The maximum atomic E-state index is 13.0. The highest BCUT2D eigenvalue weighted by Crippen LogP contribution is 2.25. The number of methoxy groups -OCH3 is 1. The zero-order valence-electron chi connectivity index (χ0n) is 16.2. The summed E-state index contributed by atoms with van der Waals surface area (Å²) >= 11 is 0. The number of anilines is 1. The fraction of sp³-hybridized carbons (Fsp3) is 0.579. The Morgan fingerprint density at radius 2 is 2.12 bits per heavy atom. The minimum absolute atomic E-state index is 0.0778. The summed E-state index contributed by atoms with van der Waals surface area (Å²) in [6.07, 6.45) is -0.0778. The SMILES string of the molecule is CO[C@H]1CN(C)C(=O)c2cc(NC(C)=O)ccc2OC[C@@H](C)NC[C@H]1C. The molecule has 0 aliphatic carbocycles. The van der Waals surface area contributed by atoms with Crippen molar-refractivity contribution in [1.82, 2.24) is 10.2 Å². The summed E-state index contributed by atoms with van der Waals surface area (Å²) in [5.41, 5.74) is 0.991. The molecule has 2 amide bonds. The molecular weight excluding hydrogens is 334 g/mol. The number of nitrogens with one attached hydrogen (secondary N) is 2. The van der Waals surface area contributed by atoms with E-state index in [1.54, 1.807) is 37.3 Å². The quantitative estimate of drug-likeness (QED) is 0.837. The van der Waals surface area contributed by atoms with Gasteiger partial charge in [-0.15, -0.1) is 0 Å². The molecule has 1 aliphatic rings. The first kappa shape index (κ1) is 20.2. The van der Waals surface area contributed by atoms with Crippen molar-refractivity contribution in [2.45, 2.75) is 32.9 Å². The third-order valence-corrected chi connectivity index (χ3v) is 4.55. The Balaban J connectivity index is 2.37. The lowest BCUT2D eigenvalue weighted by atomic mass is 10.0. The maximum absolute atomic E-state index is 13.0. The number of carbonyl (C=O) groups is 2. The number of hydrogen-bond donors (Lipinski definition) is 2. The Bertz CT molecular complexity index is 650. The van der Waals surface area contributed by atoms with Crippen LogP contribution in [0.4, 0.5) is 5.69 Å². The molecule has 144 valence electrons. The summed E-state index contributed by atoms with van der Waals surface area (Å²) in [4.78, 5) is 26.0. The molecule has 1 aliphatic heterocycles. The van der Waals surface area contributed by atoms with Gasteiger partial charge in [-0.25, -0.2) is 0 Å².